The third-order valence-electron chi connectivity index (χ3n) is 2.15. The van der Waals surface area contributed by atoms with Crippen LogP contribution in [0.15, 0.2) is 0 Å². The summed E-state index contributed by atoms with van der Waals surface area (Å²) < 4.78 is 6.49. The van der Waals surface area contributed by atoms with Crippen molar-refractivity contribution in [2.45, 2.75) is 26.7 Å². The van der Waals surface area contributed by atoms with Crippen molar-refractivity contribution in [3.8, 4) is 0 Å². The van der Waals surface area contributed by atoms with Crippen molar-refractivity contribution < 1.29 is 9.53 Å². The predicted molar refractivity (Wildman–Crippen MR) is 57.7 cm³/mol. The van der Waals surface area contributed by atoms with Crippen LogP contribution in [0.2, 0.25) is 0 Å². The van der Waals surface area contributed by atoms with Crippen LogP contribution in [0.5, 0.6) is 0 Å². The zero-order valence-corrected chi connectivity index (χ0v) is 9.57. The van der Waals surface area contributed by atoms with E-state index in [2.05, 4.69) is 5.10 Å². The topological polar surface area (TPSA) is 70.1 Å². The van der Waals surface area contributed by atoms with Gasteiger partial charge in [0, 0.05) is 7.05 Å². The van der Waals surface area contributed by atoms with Gasteiger partial charge in [-0.2, -0.15) is 5.10 Å². The lowest BCUT2D eigenvalue weighted by molar-refractivity contribution is 0.0520. The number of rotatable bonds is 3. The van der Waals surface area contributed by atoms with E-state index in [9.17, 15) is 4.79 Å². The van der Waals surface area contributed by atoms with Gasteiger partial charge in [0.2, 0.25) is 0 Å². The molecule has 2 N–H and O–H groups in total. The molecule has 0 fully saturated rings. The van der Waals surface area contributed by atoms with E-state index in [1.54, 1.807) is 18.7 Å². The van der Waals surface area contributed by atoms with Gasteiger partial charge in [0.05, 0.1) is 18.0 Å². The van der Waals surface area contributed by atoms with E-state index >= 15 is 0 Å². The number of hydrogen-bond acceptors (Lipinski definition) is 4. The Morgan fingerprint density at radius 2 is 2.20 bits per heavy atom. The number of esters is 1. The molecular weight excluding hydrogens is 194 g/mol. The Balaban J connectivity index is 3.12. The average molecular weight is 211 g/mol. The number of hydrogen-bond donors (Lipinski definition) is 1. The number of ether oxygens (including phenoxy) is 1. The van der Waals surface area contributed by atoms with Crippen LogP contribution in [0.4, 0.5) is 5.69 Å². The summed E-state index contributed by atoms with van der Waals surface area (Å²) in [5.41, 5.74) is 7.34. The fourth-order valence-corrected chi connectivity index (χ4v) is 1.59. The summed E-state index contributed by atoms with van der Waals surface area (Å²) in [6.07, 6.45) is 0. The molecule has 0 saturated heterocycles. The zero-order valence-electron chi connectivity index (χ0n) is 9.57. The lowest BCUT2D eigenvalue weighted by Crippen LogP contribution is -2.08. The van der Waals surface area contributed by atoms with Crippen molar-refractivity contribution in [2.24, 2.45) is 7.05 Å². The molecule has 0 unspecified atom stereocenters. The Labute approximate surface area is 89.2 Å². The summed E-state index contributed by atoms with van der Waals surface area (Å²) >= 11 is 0. The minimum absolute atomic E-state index is 0.211. The summed E-state index contributed by atoms with van der Waals surface area (Å²) in [5.74, 6) is -0.233. The monoisotopic (exact) mass is 211 g/mol. The van der Waals surface area contributed by atoms with Gasteiger partial charge in [0.25, 0.3) is 0 Å². The summed E-state index contributed by atoms with van der Waals surface area (Å²) in [6.45, 7) is 6.08. The number of nitrogen functional groups attached to an aromatic ring is 1. The number of carbonyl (C=O) groups is 1. The van der Waals surface area contributed by atoms with Gasteiger partial charge >= 0.3 is 5.97 Å². The van der Waals surface area contributed by atoms with Crippen LogP contribution < -0.4 is 5.73 Å². The Morgan fingerprint density at radius 3 is 2.60 bits per heavy atom. The summed E-state index contributed by atoms with van der Waals surface area (Å²) in [5, 5.41) is 4.07. The molecule has 0 saturated carbocycles. The Morgan fingerprint density at radius 1 is 1.60 bits per heavy atom. The normalized spacial score (nSPS) is 10.7. The van der Waals surface area contributed by atoms with Crippen molar-refractivity contribution in [1.29, 1.82) is 0 Å². The number of carbonyl (C=O) groups excluding carboxylic acids is 1. The van der Waals surface area contributed by atoms with Crippen LogP contribution in [0, 0.1) is 0 Å². The van der Waals surface area contributed by atoms with E-state index in [0.717, 1.165) is 5.69 Å². The Kier molecular flexibility index (Phi) is 3.34. The molecule has 5 heteroatoms. The molecule has 0 aliphatic heterocycles. The summed E-state index contributed by atoms with van der Waals surface area (Å²) in [6, 6.07) is 0. The lowest BCUT2D eigenvalue weighted by atomic mass is 10.1. The van der Waals surface area contributed by atoms with E-state index in [1.165, 1.54) is 0 Å². The number of aryl methyl sites for hydroxylation is 1. The minimum Gasteiger partial charge on any atom is -0.461 e. The summed E-state index contributed by atoms with van der Waals surface area (Å²) in [4.78, 5) is 11.5. The standard InChI is InChI=1S/C10H17N3O2/c1-5-15-10(14)8-7(11)9(6(2)3)13(4)12-8/h6H,5,11H2,1-4H3. The fourth-order valence-electron chi connectivity index (χ4n) is 1.59. The van der Waals surface area contributed by atoms with Gasteiger partial charge in [-0.05, 0) is 12.8 Å². The largest absolute Gasteiger partial charge is 0.461 e. The fraction of sp³-hybridized carbons (Fsp3) is 0.600. The number of nitrogens with zero attached hydrogens (tertiary/aromatic N) is 2. The third-order valence-corrected chi connectivity index (χ3v) is 2.15. The number of aromatic nitrogens is 2. The van der Waals surface area contributed by atoms with Crippen LogP contribution in [-0.2, 0) is 11.8 Å². The molecule has 0 bridgehead atoms. The van der Waals surface area contributed by atoms with E-state index in [-0.39, 0.29) is 11.6 Å². The van der Waals surface area contributed by atoms with Gasteiger partial charge < -0.3 is 10.5 Å². The van der Waals surface area contributed by atoms with Gasteiger partial charge in [-0.3, -0.25) is 4.68 Å². The maximum atomic E-state index is 11.5. The third kappa shape index (κ3) is 2.11. The van der Waals surface area contributed by atoms with E-state index in [4.69, 9.17) is 10.5 Å². The quantitative estimate of drug-likeness (QED) is 0.765. The molecule has 0 atom stereocenters. The van der Waals surface area contributed by atoms with Gasteiger partial charge in [-0.15, -0.1) is 0 Å². The maximum Gasteiger partial charge on any atom is 0.361 e. The van der Waals surface area contributed by atoms with Crippen LogP contribution >= 0.6 is 0 Å². The van der Waals surface area contributed by atoms with E-state index in [1.807, 2.05) is 13.8 Å². The minimum atomic E-state index is -0.461. The molecule has 0 spiro atoms. The molecule has 0 aromatic carbocycles. The van der Waals surface area contributed by atoms with Gasteiger partial charge in [0.15, 0.2) is 5.69 Å². The first-order chi connectivity index (χ1) is 6.99. The van der Waals surface area contributed by atoms with Crippen molar-refractivity contribution in [1.82, 2.24) is 9.78 Å². The molecule has 5 nitrogen and oxygen atoms in total. The van der Waals surface area contributed by atoms with Crippen LogP contribution in [0.1, 0.15) is 42.9 Å². The molecular formula is C10H17N3O2. The van der Waals surface area contributed by atoms with Gasteiger partial charge in [-0.25, -0.2) is 4.79 Å². The van der Waals surface area contributed by atoms with Crippen molar-refractivity contribution in [2.75, 3.05) is 12.3 Å². The first-order valence-electron chi connectivity index (χ1n) is 4.98. The number of anilines is 1. The Hall–Kier alpha value is -1.52. The second-order valence-corrected chi connectivity index (χ2v) is 3.65. The van der Waals surface area contributed by atoms with Crippen molar-refractivity contribution in [3.05, 3.63) is 11.4 Å². The molecule has 15 heavy (non-hydrogen) atoms. The summed E-state index contributed by atoms with van der Waals surface area (Å²) in [7, 11) is 1.77. The highest BCUT2D eigenvalue weighted by Gasteiger charge is 2.21. The highest BCUT2D eigenvalue weighted by molar-refractivity contribution is 5.93. The number of nitrogens with two attached hydrogens (primary N) is 1. The maximum absolute atomic E-state index is 11.5. The first-order valence-corrected chi connectivity index (χ1v) is 4.98. The van der Waals surface area contributed by atoms with Crippen LogP contribution in [0.3, 0.4) is 0 Å². The van der Waals surface area contributed by atoms with Gasteiger partial charge in [0.1, 0.15) is 0 Å². The second kappa shape index (κ2) is 4.33. The molecule has 0 aliphatic carbocycles. The van der Waals surface area contributed by atoms with Crippen molar-refractivity contribution >= 4 is 11.7 Å². The second-order valence-electron chi connectivity index (χ2n) is 3.65. The zero-order chi connectivity index (χ0) is 11.6. The molecule has 1 rings (SSSR count). The van der Waals surface area contributed by atoms with E-state index in [0.29, 0.717) is 12.3 Å². The van der Waals surface area contributed by atoms with Crippen LogP contribution in [0.25, 0.3) is 0 Å². The molecule has 1 heterocycles. The molecule has 0 radical (unpaired) electrons. The smallest absolute Gasteiger partial charge is 0.361 e. The highest BCUT2D eigenvalue weighted by atomic mass is 16.5. The Bertz CT molecular complexity index is 369. The predicted octanol–water partition coefficient (Wildman–Crippen LogP) is 1.30. The average Bonchev–Trinajstić information content (AvgIpc) is 2.42. The molecule has 1 aromatic rings. The van der Waals surface area contributed by atoms with E-state index < -0.39 is 5.97 Å². The molecule has 0 amide bonds. The molecule has 0 aliphatic rings. The van der Waals surface area contributed by atoms with Crippen molar-refractivity contribution in [3.63, 3.8) is 0 Å². The van der Waals surface area contributed by atoms with Gasteiger partial charge in [-0.1, -0.05) is 13.8 Å². The first kappa shape index (κ1) is 11.6. The van der Waals surface area contributed by atoms with Crippen LogP contribution in [-0.4, -0.2) is 22.4 Å². The SMILES string of the molecule is CCOC(=O)c1nn(C)c(C(C)C)c1N. The molecule has 84 valence electrons. The molecule has 1 aromatic heterocycles. The highest BCUT2D eigenvalue weighted by Crippen LogP contribution is 2.24. The lowest BCUT2D eigenvalue weighted by Gasteiger charge is -2.05.